The molecule has 1 aromatic carbocycles. The van der Waals surface area contributed by atoms with Crippen LogP contribution in [-0.4, -0.2) is 30.6 Å². The fraction of sp³-hybridized carbons (Fsp3) is 0.150. The van der Waals surface area contributed by atoms with Crippen molar-refractivity contribution in [1.82, 2.24) is 30.0 Å². The van der Waals surface area contributed by atoms with Crippen LogP contribution in [0.4, 0.5) is 0 Å². The van der Waals surface area contributed by atoms with E-state index in [0.717, 1.165) is 11.1 Å². The summed E-state index contributed by atoms with van der Waals surface area (Å²) in [5.41, 5.74) is 2.19. The molecule has 0 spiro atoms. The number of nitrogens with one attached hydrogen (secondary N) is 1. The minimum absolute atomic E-state index is 0.132. The maximum absolute atomic E-state index is 12.3. The number of pyridine rings is 1. The van der Waals surface area contributed by atoms with Gasteiger partial charge >= 0.3 is 0 Å². The van der Waals surface area contributed by atoms with Gasteiger partial charge in [-0.1, -0.05) is 28.9 Å². The second-order valence-corrected chi connectivity index (χ2v) is 6.81. The number of carbonyl (C=O) groups is 1. The van der Waals surface area contributed by atoms with Gasteiger partial charge in [-0.25, -0.2) is 4.98 Å². The summed E-state index contributed by atoms with van der Waals surface area (Å²) in [5.74, 6) is 1.25. The van der Waals surface area contributed by atoms with Crippen molar-refractivity contribution in [1.29, 1.82) is 0 Å². The molecular weight excluding hydrogens is 392 g/mol. The maximum atomic E-state index is 12.3. The molecule has 8 nitrogen and oxygen atoms in total. The van der Waals surface area contributed by atoms with Crippen LogP contribution >= 0.6 is 11.6 Å². The quantitative estimate of drug-likeness (QED) is 0.525. The lowest BCUT2D eigenvalue weighted by Gasteiger charge is -2.07. The van der Waals surface area contributed by atoms with E-state index in [0.29, 0.717) is 34.8 Å². The van der Waals surface area contributed by atoms with Crippen molar-refractivity contribution in [3.8, 4) is 23.0 Å². The van der Waals surface area contributed by atoms with Crippen LogP contribution in [0.2, 0.25) is 5.02 Å². The fourth-order valence-corrected chi connectivity index (χ4v) is 2.98. The number of aromatic nitrogens is 5. The third-order valence-electron chi connectivity index (χ3n) is 4.23. The zero-order chi connectivity index (χ0) is 20.2. The van der Waals surface area contributed by atoms with Crippen molar-refractivity contribution in [3.63, 3.8) is 0 Å². The molecule has 0 unspecified atom stereocenters. The Morgan fingerprint density at radius 1 is 1.24 bits per heavy atom. The Bertz CT molecular complexity index is 1140. The lowest BCUT2D eigenvalue weighted by atomic mass is 10.2. The summed E-state index contributed by atoms with van der Waals surface area (Å²) in [7, 11) is 0. The molecule has 0 aliphatic heterocycles. The average molecular weight is 409 g/mol. The van der Waals surface area contributed by atoms with E-state index < -0.39 is 0 Å². The fourth-order valence-electron chi connectivity index (χ4n) is 2.77. The van der Waals surface area contributed by atoms with E-state index in [1.165, 1.54) is 0 Å². The lowest BCUT2D eigenvalue weighted by Crippen LogP contribution is -2.27. The number of benzene rings is 1. The van der Waals surface area contributed by atoms with Crippen LogP contribution in [0.25, 0.3) is 23.0 Å². The summed E-state index contributed by atoms with van der Waals surface area (Å²) in [6.07, 6.45) is 5.04. The van der Waals surface area contributed by atoms with Crippen LogP contribution in [0.5, 0.6) is 0 Å². The Labute approximate surface area is 171 Å². The largest absolute Gasteiger partial charge is 0.350 e. The van der Waals surface area contributed by atoms with Gasteiger partial charge in [0.2, 0.25) is 11.7 Å². The smallest absolute Gasteiger partial charge is 0.259 e. The van der Waals surface area contributed by atoms with E-state index in [9.17, 15) is 4.79 Å². The number of halogens is 1. The van der Waals surface area contributed by atoms with Crippen molar-refractivity contribution in [3.05, 3.63) is 71.4 Å². The molecule has 1 amide bonds. The van der Waals surface area contributed by atoms with E-state index in [1.54, 1.807) is 35.3 Å². The third-order valence-corrected chi connectivity index (χ3v) is 4.47. The van der Waals surface area contributed by atoms with Gasteiger partial charge < -0.3 is 14.4 Å². The minimum Gasteiger partial charge on any atom is -0.350 e. The molecule has 0 radical (unpaired) electrons. The molecule has 0 saturated heterocycles. The molecule has 0 aliphatic carbocycles. The van der Waals surface area contributed by atoms with Gasteiger partial charge in [-0.15, -0.1) is 0 Å². The number of rotatable bonds is 6. The third kappa shape index (κ3) is 4.49. The predicted molar refractivity (Wildman–Crippen MR) is 107 cm³/mol. The number of nitrogens with zero attached hydrogens (tertiary/aromatic N) is 5. The second-order valence-electron chi connectivity index (χ2n) is 6.37. The zero-order valence-corrected chi connectivity index (χ0v) is 16.3. The van der Waals surface area contributed by atoms with Crippen LogP contribution in [-0.2, 0) is 17.9 Å². The van der Waals surface area contributed by atoms with E-state index in [-0.39, 0.29) is 12.5 Å². The molecule has 9 heteroatoms. The zero-order valence-electron chi connectivity index (χ0n) is 15.5. The summed E-state index contributed by atoms with van der Waals surface area (Å²) in [5, 5.41) is 7.49. The van der Waals surface area contributed by atoms with E-state index in [1.807, 2.05) is 31.2 Å². The van der Waals surface area contributed by atoms with Crippen molar-refractivity contribution < 1.29 is 9.32 Å². The molecule has 0 saturated carbocycles. The average Bonchev–Trinajstić information content (AvgIpc) is 3.35. The SMILES string of the molecule is Cc1nc(-c2noc(-c3cccnc3)n2)cn1CC(=O)NCc1cccc(Cl)c1. The first-order chi connectivity index (χ1) is 14.1. The summed E-state index contributed by atoms with van der Waals surface area (Å²) < 4.78 is 7.03. The highest BCUT2D eigenvalue weighted by molar-refractivity contribution is 6.30. The molecule has 146 valence electrons. The summed E-state index contributed by atoms with van der Waals surface area (Å²) in [4.78, 5) is 25.1. The van der Waals surface area contributed by atoms with Gasteiger partial charge in [-0.3, -0.25) is 9.78 Å². The highest BCUT2D eigenvalue weighted by atomic mass is 35.5. The summed E-state index contributed by atoms with van der Waals surface area (Å²) in [6, 6.07) is 11.0. The maximum Gasteiger partial charge on any atom is 0.259 e. The Hall–Kier alpha value is -3.52. The standard InChI is InChI=1S/C20H17ClN6O2/c1-13-24-17(19-25-20(29-26-19)15-5-3-7-22-10-15)11-27(13)12-18(28)23-9-14-4-2-6-16(21)8-14/h2-8,10-11H,9,12H2,1H3,(H,23,28). The Balaban J connectivity index is 1.43. The van der Waals surface area contributed by atoms with Crippen molar-refractivity contribution in [2.24, 2.45) is 0 Å². The molecule has 0 atom stereocenters. The number of imidazole rings is 1. The highest BCUT2D eigenvalue weighted by Crippen LogP contribution is 2.21. The topological polar surface area (TPSA) is 98.7 Å². The van der Waals surface area contributed by atoms with Gasteiger partial charge in [-0.2, -0.15) is 4.98 Å². The van der Waals surface area contributed by atoms with Crippen molar-refractivity contribution in [2.45, 2.75) is 20.0 Å². The van der Waals surface area contributed by atoms with E-state index >= 15 is 0 Å². The van der Waals surface area contributed by atoms with Gasteiger partial charge in [0.05, 0.1) is 5.56 Å². The first-order valence-corrected chi connectivity index (χ1v) is 9.25. The number of aryl methyl sites for hydroxylation is 1. The Morgan fingerprint density at radius 2 is 2.14 bits per heavy atom. The van der Waals surface area contributed by atoms with Gasteiger partial charge in [0.1, 0.15) is 18.1 Å². The van der Waals surface area contributed by atoms with E-state index in [2.05, 4.69) is 25.4 Å². The second kappa shape index (κ2) is 8.24. The molecule has 29 heavy (non-hydrogen) atoms. The predicted octanol–water partition coefficient (Wildman–Crippen LogP) is 3.27. The molecule has 0 bridgehead atoms. The van der Waals surface area contributed by atoms with Gasteiger partial charge in [-0.05, 0) is 36.8 Å². The lowest BCUT2D eigenvalue weighted by molar-refractivity contribution is -0.121. The number of hydrogen-bond acceptors (Lipinski definition) is 6. The van der Waals surface area contributed by atoms with Crippen molar-refractivity contribution in [2.75, 3.05) is 0 Å². The van der Waals surface area contributed by atoms with Gasteiger partial charge in [0.15, 0.2) is 0 Å². The van der Waals surface area contributed by atoms with Crippen LogP contribution in [0.3, 0.4) is 0 Å². The normalized spacial score (nSPS) is 10.8. The number of amides is 1. The molecule has 3 aromatic heterocycles. The first kappa shape index (κ1) is 18.8. The van der Waals surface area contributed by atoms with Crippen LogP contribution < -0.4 is 5.32 Å². The summed E-state index contributed by atoms with van der Waals surface area (Å²) >= 11 is 5.96. The molecule has 1 N–H and O–H groups in total. The molecule has 4 aromatic rings. The molecular formula is C20H17ClN6O2. The molecule has 3 heterocycles. The first-order valence-electron chi connectivity index (χ1n) is 8.88. The van der Waals surface area contributed by atoms with Gasteiger partial charge in [0.25, 0.3) is 5.89 Å². The Kier molecular flexibility index (Phi) is 5.35. The van der Waals surface area contributed by atoms with E-state index in [4.69, 9.17) is 16.1 Å². The minimum atomic E-state index is -0.138. The summed E-state index contributed by atoms with van der Waals surface area (Å²) in [6.45, 7) is 2.35. The highest BCUT2D eigenvalue weighted by Gasteiger charge is 2.15. The van der Waals surface area contributed by atoms with Crippen LogP contribution in [0, 0.1) is 6.92 Å². The monoisotopic (exact) mass is 408 g/mol. The molecule has 4 rings (SSSR count). The number of carbonyl (C=O) groups excluding carboxylic acids is 1. The molecule has 0 fully saturated rings. The Morgan fingerprint density at radius 3 is 2.93 bits per heavy atom. The number of hydrogen-bond donors (Lipinski definition) is 1. The van der Waals surface area contributed by atoms with Crippen LogP contribution in [0.1, 0.15) is 11.4 Å². The molecule has 0 aliphatic rings. The van der Waals surface area contributed by atoms with Crippen LogP contribution in [0.15, 0.2) is 59.5 Å². The van der Waals surface area contributed by atoms with Crippen molar-refractivity contribution >= 4 is 17.5 Å². The van der Waals surface area contributed by atoms with Gasteiger partial charge in [0, 0.05) is 30.2 Å².